The van der Waals surface area contributed by atoms with E-state index in [4.69, 9.17) is 61.8 Å². The molecule has 33 nitrogen and oxygen atoms in total. The van der Waals surface area contributed by atoms with E-state index in [1.807, 2.05) is 36.7 Å². The first-order valence-electron chi connectivity index (χ1n) is 38.6. The van der Waals surface area contributed by atoms with E-state index < -0.39 is 76.2 Å². The molecule has 2 aliphatic heterocycles. The van der Waals surface area contributed by atoms with Gasteiger partial charge in [-0.1, -0.05) is 86.8 Å². The average Bonchev–Trinajstić information content (AvgIpc) is 1.64. The number of ether oxygens (including phenoxy) is 12. The van der Waals surface area contributed by atoms with Crippen LogP contribution in [0.1, 0.15) is 119 Å². The molecular formula is C80H107N11O22S2. The largest absolute Gasteiger partial charge is 0.510 e. The Bertz CT molecular complexity index is 4420. The van der Waals surface area contributed by atoms with Crippen LogP contribution in [0.5, 0.6) is 0 Å². The maximum Gasteiger partial charge on any atom is 0.510 e. The minimum atomic E-state index is -3.54. The molecule has 0 bridgehead atoms. The summed E-state index contributed by atoms with van der Waals surface area (Å²) >= 11 is 1.48. The van der Waals surface area contributed by atoms with Gasteiger partial charge in [0.2, 0.25) is 33.3 Å². The second-order valence-electron chi connectivity index (χ2n) is 27.8. The van der Waals surface area contributed by atoms with E-state index in [2.05, 4.69) is 48.1 Å². The van der Waals surface area contributed by atoms with Gasteiger partial charge in [0, 0.05) is 91.5 Å². The van der Waals surface area contributed by atoms with Crippen LogP contribution in [0.25, 0.3) is 22.3 Å². The molecule has 0 saturated carbocycles. The summed E-state index contributed by atoms with van der Waals surface area (Å²) in [7, 11) is -3.54. The van der Waals surface area contributed by atoms with Gasteiger partial charge in [0.1, 0.15) is 32.2 Å². The van der Waals surface area contributed by atoms with Gasteiger partial charge in [-0.2, -0.15) is 4.31 Å². The molecule has 3 atom stereocenters. The number of hydrogen-bond acceptors (Lipinski definition) is 28. The van der Waals surface area contributed by atoms with Crippen LogP contribution in [0.15, 0.2) is 83.1 Å². The van der Waals surface area contributed by atoms with E-state index in [0.717, 1.165) is 27.8 Å². The monoisotopic (exact) mass is 1640 g/mol. The first kappa shape index (κ1) is 91.5. The van der Waals surface area contributed by atoms with Crippen molar-refractivity contribution < 1.29 is 98.8 Å². The molecule has 6 heterocycles. The Hall–Kier alpha value is -9.03. The normalized spacial score (nSPS) is 14.2. The first-order valence-corrected chi connectivity index (χ1v) is 41.7. The summed E-state index contributed by atoms with van der Waals surface area (Å²) in [6, 6.07) is 14.2. The number of esters is 1. The number of fused-ring (bicyclic) bond motifs is 5. The third-order valence-corrected chi connectivity index (χ3v) is 20.6. The van der Waals surface area contributed by atoms with Crippen LogP contribution >= 0.6 is 11.8 Å². The van der Waals surface area contributed by atoms with E-state index in [9.17, 15) is 46.8 Å². The Morgan fingerprint density at radius 1 is 0.748 bits per heavy atom. The van der Waals surface area contributed by atoms with Crippen LogP contribution in [0, 0.1) is 23.7 Å². The molecule has 0 aliphatic carbocycles. The molecule has 3 N–H and O–H groups in total. The molecule has 0 fully saturated rings. The van der Waals surface area contributed by atoms with Crippen molar-refractivity contribution in [2.24, 2.45) is 11.8 Å². The Morgan fingerprint density at radius 2 is 1.37 bits per heavy atom. The van der Waals surface area contributed by atoms with Gasteiger partial charge in [-0.25, -0.2) is 37.6 Å². The number of carbonyl (C=O) groups is 7. The molecule has 2 aliphatic rings. The number of thioether (sulfide) groups is 1. The summed E-state index contributed by atoms with van der Waals surface area (Å²) in [5, 5.41) is 17.9. The van der Waals surface area contributed by atoms with Crippen molar-refractivity contribution in [1.82, 2.24) is 49.5 Å². The predicted molar refractivity (Wildman–Crippen MR) is 423 cm³/mol. The van der Waals surface area contributed by atoms with Crippen molar-refractivity contribution in [3.63, 3.8) is 0 Å². The number of pyridine rings is 2. The lowest BCUT2D eigenvalue weighted by atomic mass is 9.85. The Balaban J connectivity index is 0.590. The lowest BCUT2D eigenvalue weighted by Gasteiger charge is -2.35. The van der Waals surface area contributed by atoms with Gasteiger partial charge in [-0.15, -0.1) is 5.10 Å². The summed E-state index contributed by atoms with van der Waals surface area (Å²) in [4.78, 5) is 120. The zero-order valence-electron chi connectivity index (χ0n) is 66.7. The second-order valence-corrected chi connectivity index (χ2v) is 30.5. The van der Waals surface area contributed by atoms with Gasteiger partial charge in [-0.3, -0.25) is 28.8 Å². The number of Topliss-reactive ketones (excluding diaryl/α,β-unsaturated/α-hetero) is 2. The van der Waals surface area contributed by atoms with Crippen molar-refractivity contribution in [1.29, 1.82) is 0 Å². The topological polar surface area (TPSA) is 395 Å². The number of nitrogens with one attached hydrogen (secondary N) is 3. The number of amides is 3. The molecule has 115 heavy (non-hydrogen) atoms. The predicted octanol–water partition coefficient (Wildman–Crippen LogP) is 6.12. The van der Waals surface area contributed by atoms with Crippen molar-refractivity contribution >= 4 is 79.8 Å². The fourth-order valence-electron chi connectivity index (χ4n) is 12.5. The van der Waals surface area contributed by atoms with Crippen molar-refractivity contribution in [2.45, 2.75) is 142 Å². The van der Waals surface area contributed by atoms with E-state index in [1.165, 1.54) is 26.9 Å². The van der Waals surface area contributed by atoms with E-state index in [1.54, 1.807) is 88.9 Å². The van der Waals surface area contributed by atoms with Crippen LogP contribution < -0.4 is 21.5 Å². The van der Waals surface area contributed by atoms with Crippen molar-refractivity contribution in [3.05, 3.63) is 123 Å². The second kappa shape index (κ2) is 47.9. The van der Waals surface area contributed by atoms with Crippen LogP contribution in [-0.2, 0) is 140 Å². The minimum Gasteiger partial charge on any atom is -0.457 e. The Kier molecular flexibility index (Phi) is 38.1. The van der Waals surface area contributed by atoms with Crippen molar-refractivity contribution in [3.8, 4) is 23.2 Å². The fourth-order valence-corrected chi connectivity index (χ4v) is 14.0. The van der Waals surface area contributed by atoms with E-state index >= 15 is 0 Å². The number of anilines is 1. The Morgan fingerprint density at radius 3 is 1.97 bits per heavy atom. The zero-order valence-corrected chi connectivity index (χ0v) is 68.4. The average molecular weight is 1640 g/mol. The molecule has 8 rings (SSSR count). The molecule has 0 radical (unpaired) electrons. The molecule has 35 heteroatoms. The number of aryl methyl sites for hydroxylation is 1. The summed E-state index contributed by atoms with van der Waals surface area (Å²) in [5.41, 5.74) is 3.19. The highest BCUT2D eigenvalue weighted by molar-refractivity contribution is 7.98. The number of rotatable bonds is 54. The van der Waals surface area contributed by atoms with E-state index in [0.29, 0.717) is 177 Å². The number of sulfonamides is 1. The number of hydrogen-bond donors (Lipinski definition) is 3. The van der Waals surface area contributed by atoms with Crippen LogP contribution in [0.2, 0.25) is 0 Å². The number of ketones is 2. The maximum atomic E-state index is 14.4. The minimum absolute atomic E-state index is 0.118. The lowest BCUT2D eigenvalue weighted by molar-refractivity contribution is -0.175. The number of aromatic nitrogens is 7. The fraction of sp³-hybridized carbons (Fsp3) is 0.562. The van der Waals surface area contributed by atoms with Gasteiger partial charge in [0.15, 0.2) is 10.9 Å². The number of cyclic esters (lactones) is 1. The SMILES string of the molecule is CC[C@@]1(OC(=O)OCc2ccc(NC(=O)[C@H](C)CC(=O)[C@@H](NC(=O)COCC(=O)NCCOCCOCCOCCOCCOCCOCCOCCOCCn3cc(CCC(=O)CCCC#Cc4cnc(SC)nc4)nn3)C(C)C)cc2)C(=O)OCc2c1cc1n(c2=O)Cc2c-1nc1ccccc1c2CCN(C(C)C)S(C)(=O)=O. The van der Waals surface area contributed by atoms with Gasteiger partial charge in [0.05, 0.1) is 165 Å². The number of benzene rings is 2. The summed E-state index contributed by atoms with van der Waals surface area (Å²) < 4.78 is 96.8. The van der Waals surface area contributed by atoms with Crippen LogP contribution in [0.4, 0.5) is 10.5 Å². The number of unbranched alkanes of at least 4 members (excludes halogenated alkanes) is 1. The molecule has 0 spiro atoms. The highest BCUT2D eigenvalue weighted by Gasteiger charge is 2.51. The highest BCUT2D eigenvalue weighted by Crippen LogP contribution is 2.42. The summed E-state index contributed by atoms with van der Waals surface area (Å²) in [5.74, 6) is 2.29. The Labute approximate surface area is 674 Å². The number of para-hydroxylation sites is 1. The first-order chi connectivity index (χ1) is 55.5. The summed E-state index contributed by atoms with van der Waals surface area (Å²) in [6.45, 7) is 16.0. The van der Waals surface area contributed by atoms with Gasteiger partial charge >= 0.3 is 12.1 Å². The third kappa shape index (κ3) is 29.3. The third-order valence-electron chi connectivity index (χ3n) is 18.5. The molecule has 4 aromatic heterocycles. The van der Waals surface area contributed by atoms with Crippen LogP contribution in [0.3, 0.4) is 0 Å². The lowest BCUT2D eigenvalue weighted by Crippen LogP contribution is -2.47. The zero-order chi connectivity index (χ0) is 82.5. The molecule has 3 amide bonds. The standard InChI is InChI=1S/C80H107N11O22S2/c1-9-80(67-46-69-74-65(50-90(69)76(97)66(67)52-111-77(80)98)63(64-17-13-14-18-68(64)85-74)25-27-91(56(4)5)115(8,100)101)113-79(99)112-51-58-19-21-60(22-20-58)84-75(96)57(6)45-70(93)73(55(2)3)86-72(95)54-110-53-71(94)81-26-29-102-31-33-104-35-37-106-39-41-108-43-44-109-42-40-107-38-36-105-34-32-103-30-28-89-49-61(87-88-89)23-24-62(92)16-12-10-11-15-59-47-82-78(114-7)83-48-59/h13-14,17-22,46-49,55-57,73H,9-10,12,16,23-45,50-54H2,1-8H3,(H,81,94)(H,84,96)(H,86,95)/t57-,73+,80+/m1/s1. The molecular weight excluding hydrogens is 1530 g/mol. The van der Waals surface area contributed by atoms with Gasteiger partial charge in [-0.05, 0) is 87.1 Å². The maximum absolute atomic E-state index is 14.4. The molecule has 0 unspecified atom stereocenters. The summed E-state index contributed by atoms with van der Waals surface area (Å²) in [6.07, 6.45) is 9.88. The molecule has 0 saturated heterocycles. The number of nitrogens with zero attached hydrogens (tertiary/aromatic N) is 8. The van der Waals surface area contributed by atoms with E-state index in [-0.39, 0.29) is 86.9 Å². The molecule has 6 aromatic rings. The van der Waals surface area contributed by atoms with Gasteiger partial charge < -0.3 is 77.4 Å². The number of carbonyl (C=O) groups excluding carboxylic acids is 7. The molecule has 626 valence electrons. The quantitative estimate of drug-likeness (QED) is 0.0127. The smallest absolute Gasteiger partial charge is 0.457 e. The van der Waals surface area contributed by atoms with Crippen LogP contribution in [-0.4, -0.2) is 245 Å². The van der Waals surface area contributed by atoms with Gasteiger partial charge in [0.25, 0.3) is 5.56 Å². The highest BCUT2D eigenvalue weighted by atomic mass is 32.2. The van der Waals surface area contributed by atoms with Crippen molar-refractivity contribution in [2.75, 3.05) is 150 Å². The molecule has 2 aromatic carbocycles.